The van der Waals surface area contributed by atoms with Gasteiger partial charge in [0, 0.05) is 11.6 Å². The quantitative estimate of drug-likeness (QED) is 0.783. The van der Waals surface area contributed by atoms with E-state index in [1.165, 1.54) is 0 Å². The Morgan fingerprint density at radius 2 is 1.79 bits per heavy atom. The zero-order valence-electron chi connectivity index (χ0n) is 12.7. The van der Waals surface area contributed by atoms with Crippen molar-refractivity contribution in [1.29, 1.82) is 0 Å². The van der Waals surface area contributed by atoms with Crippen LogP contribution in [0.15, 0.2) is 24.3 Å². The first-order chi connectivity index (χ1) is 9.08. The highest BCUT2D eigenvalue weighted by Gasteiger charge is 2.13. The molecule has 0 aliphatic heterocycles. The molecule has 2 N–H and O–H groups in total. The lowest BCUT2D eigenvalue weighted by atomic mass is 10.0. The lowest BCUT2D eigenvalue weighted by Gasteiger charge is -2.22. The normalized spacial score (nSPS) is 13.0. The fourth-order valence-corrected chi connectivity index (χ4v) is 2.17. The van der Waals surface area contributed by atoms with Gasteiger partial charge in [-0.1, -0.05) is 32.0 Å². The number of hydrogen-bond donors (Lipinski definition) is 1. The number of nitrogens with two attached hydrogens (primary N) is 1. The van der Waals surface area contributed by atoms with Crippen LogP contribution >= 0.6 is 0 Å². The molecule has 1 unspecified atom stereocenters. The number of nitrogens with zero attached hydrogens (tertiary/aromatic N) is 1. The van der Waals surface area contributed by atoms with Crippen LogP contribution in [0.4, 0.5) is 0 Å². The third kappa shape index (κ3) is 5.21. The Bertz CT molecular complexity index is 362. The number of benzene rings is 1. The molecule has 0 saturated carbocycles. The van der Waals surface area contributed by atoms with E-state index >= 15 is 0 Å². The smallest absolute Gasteiger partial charge is 0.124 e. The van der Waals surface area contributed by atoms with Crippen LogP contribution in [0.25, 0.3) is 0 Å². The first kappa shape index (κ1) is 16.0. The van der Waals surface area contributed by atoms with Crippen molar-refractivity contribution in [3.05, 3.63) is 29.8 Å². The molecule has 0 amide bonds. The van der Waals surface area contributed by atoms with E-state index in [2.05, 4.69) is 24.8 Å². The summed E-state index contributed by atoms with van der Waals surface area (Å²) in [6, 6.07) is 8.14. The largest absolute Gasteiger partial charge is 0.491 e. The van der Waals surface area contributed by atoms with Gasteiger partial charge in [-0.05, 0) is 46.0 Å². The Balaban J connectivity index is 2.67. The monoisotopic (exact) mass is 264 g/mol. The molecule has 1 atom stereocenters. The van der Waals surface area contributed by atoms with Gasteiger partial charge in [0.1, 0.15) is 5.75 Å². The van der Waals surface area contributed by atoms with Gasteiger partial charge in [0.05, 0.1) is 6.10 Å². The van der Waals surface area contributed by atoms with Crippen molar-refractivity contribution >= 4 is 0 Å². The van der Waals surface area contributed by atoms with Crippen LogP contribution < -0.4 is 10.5 Å². The molecule has 1 aromatic rings. The van der Waals surface area contributed by atoms with Gasteiger partial charge < -0.3 is 15.4 Å². The number of para-hydroxylation sites is 1. The molecule has 0 bridgehead atoms. The SMILES string of the molecule is CCN(CC)CCC(N)c1ccccc1OC(C)C. The van der Waals surface area contributed by atoms with E-state index in [0.29, 0.717) is 0 Å². The highest BCUT2D eigenvalue weighted by atomic mass is 16.5. The van der Waals surface area contributed by atoms with Gasteiger partial charge >= 0.3 is 0 Å². The Morgan fingerprint density at radius 3 is 2.37 bits per heavy atom. The van der Waals surface area contributed by atoms with Crippen molar-refractivity contribution in [1.82, 2.24) is 4.90 Å². The van der Waals surface area contributed by atoms with Gasteiger partial charge in [-0.25, -0.2) is 0 Å². The third-order valence-electron chi connectivity index (χ3n) is 3.33. The van der Waals surface area contributed by atoms with E-state index in [4.69, 9.17) is 10.5 Å². The van der Waals surface area contributed by atoms with Crippen LogP contribution in [0.3, 0.4) is 0 Å². The van der Waals surface area contributed by atoms with E-state index < -0.39 is 0 Å². The van der Waals surface area contributed by atoms with E-state index in [9.17, 15) is 0 Å². The maximum atomic E-state index is 6.32. The summed E-state index contributed by atoms with van der Waals surface area (Å²) in [6.45, 7) is 11.6. The van der Waals surface area contributed by atoms with Crippen molar-refractivity contribution in [3.8, 4) is 5.75 Å². The minimum Gasteiger partial charge on any atom is -0.491 e. The summed E-state index contributed by atoms with van der Waals surface area (Å²) in [5.41, 5.74) is 7.44. The Labute approximate surface area is 117 Å². The Hall–Kier alpha value is -1.06. The van der Waals surface area contributed by atoms with Gasteiger partial charge in [0.2, 0.25) is 0 Å². The number of rotatable bonds is 8. The molecule has 19 heavy (non-hydrogen) atoms. The highest BCUT2D eigenvalue weighted by Crippen LogP contribution is 2.26. The van der Waals surface area contributed by atoms with Crippen molar-refractivity contribution in [2.45, 2.75) is 46.3 Å². The highest BCUT2D eigenvalue weighted by molar-refractivity contribution is 5.35. The van der Waals surface area contributed by atoms with Crippen LogP contribution in [-0.2, 0) is 0 Å². The second-order valence-corrected chi connectivity index (χ2v) is 5.13. The predicted octanol–water partition coefficient (Wildman–Crippen LogP) is 3.21. The standard InChI is InChI=1S/C16H28N2O/c1-5-18(6-2)12-11-15(17)14-9-7-8-10-16(14)19-13(3)4/h7-10,13,15H,5-6,11-12,17H2,1-4H3. The maximum Gasteiger partial charge on any atom is 0.124 e. The van der Waals surface area contributed by atoms with Gasteiger partial charge in [0.15, 0.2) is 0 Å². The summed E-state index contributed by atoms with van der Waals surface area (Å²) in [4.78, 5) is 2.39. The van der Waals surface area contributed by atoms with E-state index in [-0.39, 0.29) is 12.1 Å². The maximum absolute atomic E-state index is 6.32. The average Bonchev–Trinajstić information content (AvgIpc) is 2.39. The molecule has 0 radical (unpaired) electrons. The van der Waals surface area contributed by atoms with Gasteiger partial charge in [-0.2, -0.15) is 0 Å². The molecule has 0 aromatic heterocycles. The summed E-state index contributed by atoms with van der Waals surface area (Å²) >= 11 is 0. The fourth-order valence-electron chi connectivity index (χ4n) is 2.17. The van der Waals surface area contributed by atoms with Crippen molar-refractivity contribution in [2.24, 2.45) is 5.73 Å². The third-order valence-corrected chi connectivity index (χ3v) is 3.33. The van der Waals surface area contributed by atoms with Crippen LogP contribution in [0, 0.1) is 0 Å². The number of hydrogen-bond acceptors (Lipinski definition) is 3. The summed E-state index contributed by atoms with van der Waals surface area (Å²) in [7, 11) is 0. The minimum atomic E-state index is 0.0375. The van der Waals surface area contributed by atoms with E-state index in [1.807, 2.05) is 32.0 Å². The Kier molecular flexibility index (Phi) is 6.89. The van der Waals surface area contributed by atoms with Crippen LogP contribution in [0.2, 0.25) is 0 Å². The van der Waals surface area contributed by atoms with Crippen molar-refractivity contribution in [2.75, 3.05) is 19.6 Å². The second kappa shape index (κ2) is 8.18. The van der Waals surface area contributed by atoms with Crippen LogP contribution in [0.1, 0.15) is 45.7 Å². The molecule has 0 fully saturated rings. The lowest BCUT2D eigenvalue weighted by Crippen LogP contribution is -2.27. The molecule has 0 aliphatic rings. The van der Waals surface area contributed by atoms with Gasteiger partial charge in [0.25, 0.3) is 0 Å². The van der Waals surface area contributed by atoms with Crippen molar-refractivity contribution < 1.29 is 4.74 Å². The first-order valence-corrected chi connectivity index (χ1v) is 7.32. The molecular weight excluding hydrogens is 236 g/mol. The topological polar surface area (TPSA) is 38.5 Å². The Morgan fingerprint density at radius 1 is 1.16 bits per heavy atom. The summed E-state index contributed by atoms with van der Waals surface area (Å²) < 4.78 is 5.83. The van der Waals surface area contributed by atoms with Crippen molar-refractivity contribution in [3.63, 3.8) is 0 Å². The summed E-state index contributed by atoms with van der Waals surface area (Å²) in [5.74, 6) is 0.921. The molecule has 108 valence electrons. The molecule has 1 aromatic carbocycles. The molecule has 0 aliphatic carbocycles. The van der Waals surface area contributed by atoms with E-state index in [0.717, 1.165) is 37.4 Å². The first-order valence-electron chi connectivity index (χ1n) is 7.32. The zero-order valence-corrected chi connectivity index (χ0v) is 12.7. The minimum absolute atomic E-state index is 0.0375. The summed E-state index contributed by atoms with van der Waals surface area (Å²) in [5, 5.41) is 0. The second-order valence-electron chi connectivity index (χ2n) is 5.13. The molecule has 0 spiro atoms. The molecular formula is C16H28N2O. The predicted molar refractivity (Wildman–Crippen MR) is 81.5 cm³/mol. The average molecular weight is 264 g/mol. The molecule has 3 heteroatoms. The fraction of sp³-hybridized carbons (Fsp3) is 0.625. The van der Waals surface area contributed by atoms with Crippen LogP contribution in [0.5, 0.6) is 5.75 Å². The lowest BCUT2D eigenvalue weighted by molar-refractivity contribution is 0.237. The number of ether oxygens (including phenoxy) is 1. The van der Waals surface area contributed by atoms with Crippen LogP contribution in [-0.4, -0.2) is 30.6 Å². The van der Waals surface area contributed by atoms with E-state index in [1.54, 1.807) is 0 Å². The molecule has 1 rings (SSSR count). The zero-order chi connectivity index (χ0) is 14.3. The molecule has 0 heterocycles. The molecule has 0 saturated heterocycles. The summed E-state index contributed by atoms with van der Waals surface area (Å²) in [6.07, 6.45) is 1.14. The van der Waals surface area contributed by atoms with Gasteiger partial charge in [-0.15, -0.1) is 0 Å². The molecule has 3 nitrogen and oxygen atoms in total. The van der Waals surface area contributed by atoms with Gasteiger partial charge in [-0.3, -0.25) is 0 Å².